The van der Waals surface area contributed by atoms with Gasteiger partial charge in [-0.15, -0.1) is 5.10 Å². The molecule has 0 bridgehead atoms. The second-order valence-corrected chi connectivity index (χ2v) is 6.24. The number of esters is 1. The molecule has 1 amide bonds. The summed E-state index contributed by atoms with van der Waals surface area (Å²) in [5, 5.41) is 23.9. The van der Waals surface area contributed by atoms with Crippen molar-refractivity contribution in [2.24, 2.45) is 0 Å². The van der Waals surface area contributed by atoms with Gasteiger partial charge in [-0.25, -0.2) is 4.79 Å². The van der Waals surface area contributed by atoms with Crippen LogP contribution in [-0.2, 0) is 9.53 Å². The molecule has 0 aliphatic heterocycles. The van der Waals surface area contributed by atoms with E-state index in [-0.39, 0.29) is 17.4 Å². The van der Waals surface area contributed by atoms with Crippen molar-refractivity contribution in [1.29, 1.82) is 0 Å². The molecule has 0 saturated carbocycles. The quantitative estimate of drug-likeness (QED) is 0.488. The van der Waals surface area contributed by atoms with Crippen LogP contribution in [0.3, 0.4) is 0 Å². The van der Waals surface area contributed by atoms with Gasteiger partial charge >= 0.3 is 5.97 Å². The van der Waals surface area contributed by atoms with E-state index in [4.69, 9.17) is 0 Å². The molecule has 1 aromatic heterocycles. The third-order valence-corrected chi connectivity index (χ3v) is 4.38. The lowest BCUT2D eigenvalue weighted by Crippen LogP contribution is -2.14. The Balaban J connectivity index is 1.59. The molecule has 27 heavy (non-hydrogen) atoms. The van der Waals surface area contributed by atoms with Gasteiger partial charge in [0, 0.05) is 5.69 Å². The highest BCUT2D eigenvalue weighted by atomic mass is 32.2. The van der Waals surface area contributed by atoms with Crippen molar-refractivity contribution in [2.75, 3.05) is 18.2 Å². The largest absolute Gasteiger partial charge is 0.508 e. The van der Waals surface area contributed by atoms with Gasteiger partial charge in [-0.1, -0.05) is 11.8 Å². The zero-order valence-electron chi connectivity index (χ0n) is 14.2. The van der Waals surface area contributed by atoms with Crippen LogP contribution in [0.5, 0.6) is 5.75 Å². The van der Waals surface area contributed by atoms with E-state index < -0.39 is 5.97 Å². The molecule has 0 fully saturated rings. The Kier molecular flexibility index (Phi) is 5.67. The molecule has 0 saturated heterocycles. The van der Waals surface area contributed by atoms with E-state index in [1.165, 1.54) is 35.7 Å². The van der Waals surface area contributed by atoms with Crippen LogP contribution in [0.4, 0.5) is 5.69 Å². The highest BCUT2D eigenvalue weighted by Crippen LogP contribution is 2.20. The van der Waals surface area contributed by atoms with E-state index in [0.29, 0.717) is 22.1 Å². The normalized spacial score (nSPS) is 10.4. The van der Waals surface area contributed by atoms with E-state index in [0.717, 1.165) is 0 Å². The van der Waals surface area contributed by atoms with Crippen LogP contribution in [-0.4, -0.2) is 50.1 Å². The summed E-state index contributed by atoms with van der Waals surface area (Å²) in [4.78, 5) is 23.5. The molecule has 0 unspecified atom stereocenters. The number of aromatic nitrogens is 4. The Labute approximate surface area is 158 Å². The molecule has 9 nitrogen and oxygen atoms in total. The first-order valence-corrected chi connectivity index (χ1v) is 8.74. The van der Waals surface area contributed by atoms with Gasteiger partial charge in [-0.3, -0.25) is 4.79 Å². The van der Waals surface area contributed by atoms with Crippen molar-refractivity contribution >= 4 is 29.3 Å². The van der Waals surface area contributed by atoms with Crippen LogP contribution >= 0.6 is 11.8 Å². The molecule has 138 valence electrons. The molecule has 0 aliphatic rings. The Hall–Kier alpha value is -3.40. The number of thioether (sulfide) groups is 1. The van der Waals surface area contributed by atoms with Crippen LogP contribution in [0.15, 0.2) is 53.7 Å². The maximum absolute atomic E-state index is 12.1. The van der Waals surface area contributed by atoms with Gasteiger partial charge in [-0.05, 0) is 59.0 Å². The summed E-state index contributed by atoms with van der Waals surface area (Å²) < 4.78 is 6.10. The minimum absolute atomic E-state index is 0.0945. The first-order valence-electron chi connectivity index (χ1n) is 7.75. The zero-order valence-corrected chi connectivity index (χ0v) is 15.0. The number of amides is 1. The highest BCUT2D eigenvalue weighted by Gasteiger charge is 2.12. The number of carbonyl (C=O) groups excluding carboxylic acids is 2. The van der Waals surface area contributed by atoms with Crippen LogP contribution in [0.25, 0.3) is 5.69 Å². The lowest BCUT2D eigenvalue weighted by molar-refractivity contribution is -0.113. The van der Waals surface area contributed by atoms with Gasteiger partial charge < -0.3 is 15.2 Å². The number of phenols is 1. The van der Waals surface area contributed by atoms with Crippen LogP contribution < -0.4 is 5.32 Å². The SMILES string of the molecule is COC(=O)c1ccc(NC(=O)CSc2nnnn2-c2ccc(O)cc2)cc1. The van der Waals surface area contributed by atoms with Crippen molar-refractivity contribution in [3.63, 3.8) is 0 Å². The van der Waals surface area contributed by atoms with Crippen molar-refractivity contribution in [2.45, 2.75) is 5.16 Å². The fraction of sp³-hybridized carbons (Fsp3) is 0.118. The first kappa shape index (κ1) is 18.4. The summed E-state index contributed by atoms with van der Waals surface area (Å²) >= 11 is 1.17. The van der Waals surface area contributed by atoms with Gasteiger partial charge in [0.25, 0.3) is 0 Å². The van der Waals surface area contributed by atoms with E-state index in [9.17, 15) is 14.7 Å². The van der Waals surface area contributed by atoms with E-state index in [2.05, 4.69) is 25.6 Å². The molecule has 0 spiro atoms. The number of anilines is 1. The van der Waals surface area contributed by atoms with Crippen LogP contribution in [0.2, 0.25) is 0 Å². The minimum Gasteiger partial charge on any atom is -0.508 e. The first-order chi connectivity index (χ1) is 13.1. The molecule has 3 rings (SSSR count). The second-order valence-electron chi connectivity index (χ2n) is 5.30. The van der Waals surface area contributed by atoms with Gasteiger partial charge in [0.2, 0.25) is 11.1 Å². The van der Waals surface area contributed by atoms with Gasteiger partial charge in [0.15, 0.2) is 0 Å². The number of phenolic OH excluding ortho intramolecular Hbond substituents is 1. The molecule has 1 heterocycles. The minimum atomic E-state index is -0.440. The Morgan fingerprint density at radius 3 is 2.52 bits per heavy atom. The Morgan fingerprint density at radius 1 is 1.15 bits per heavy atom. The standard InChI is InChI=1S/C17H15N5O4S/c1-26-16(25)11-2-4-12(5-3-11)18-15(24)10-27-17-19-20-21-22(17)13-6-8-14(23)9-7-13/h2-9,23H,10H2,1H3,(H,18,24). The molecule has 3 aromatic rings. The van der Waals surface area contributed by atoms with Gasteiger partial charge in [0.1, 0.15) is 5.75 Å². The fourth-order valence-corrected chi connectivity index (χ4v) is 2.85. The molecular formula is C17H15N5O4S. The summed E-state index contributed by atoms with van der Waals surface area (Å²) in [6.45, 7) is 0. The average Bonchev–Trinajstić information content (AvgIpc) is 3.15. The topological polar surface area (TPSA) is 119 Å². The highest BCUT2D eigenvalue weighted by molar-refractivity contribution is 7.99. The fourth-order valence-electron chi connectivity index (χ4n) is 2.16. The number of benzene rings is 2. The average molecular weight is 385 g/mol. The lowest BCUT2D eigenvalue weighted by Gasteiger charge is -2.06. The number of nitrogens with one attached hydrogen (secondary N) is 1. The third kappa shape index (κ3) is 4.61. The van der Waals surface area contributed by atoms with E-state index in [1.807, 2.05) is 0 Å². The summed E-state index contributed by atoms with van der Waals surface area (Å²) in [5.41, 5.74) is 1.63. The maximum Gasteiger partial charge on any atom is 0.337 e. The molecule has 2 N–H and O–H groups in total. The molecule has 0 radical (unpaired) electrons. The summed E-state index contributed by atoms with van der Waals surface area (Å²) in [7, 11) is 1.31. The van der Waals surface area contributed by atoms with E-state index in [1.54, 1.807) is 36.4 Å². The predicted molar refractivity (Wildman–Crippen MR) is 98.0 cm³/mol. The van der Waals surface area contributed by atoms with Crippen molar-refractivity contribution in [1.82, 2.24) is 20.2 Å². The molecule has 2 aromatic carbocycles. The van der Waals surface area contributed by atoms with Crippen LogP contribution in [0.1, 0.15) is 10.4 Å². The smallest absolute Gasteiger partial charge is 0.337 e. The number of nitrogens with zero attached hydrogens (tertiary/aromatic N) is 4. The van der Waals surface area contributed by atoms with Gasteiger partial charge in [0.05, 0.1) is 24.1 Å². The summed E-state index contributed by atoms with van der Waals surface area (Å²) in [5.74, 6) is -0.453. The number of hydrogen-bond donors (Lipinski definition) is 2. The van der Waals surface area contributed by atoms with Crippen LogP contribution in [0, 0.1) is 0 Å². The number of rotatable bonds is 6. The number of aromatic hydroxyl groups is 1. The third-order valence-electron chi connectivity index (χ3n) is 3.46. The molecule has 0 atom stereocenters. The number of ether oxygens (including phenoxy) is 1. The number of carbonyl (C=O) groups is 2. The van der Waals surface area contributed by atoms with E-state index >= 15 is 0 Å². The summed E-state index contributed by atoms with van der Waals surface area (Å²) in [6.07, 6.45) is 0. The zero-order chi connectivity index (χ0) is 19.2. The van der Waals surface area contributed by atoms with Gasteiger partial charge in [-0.2, -0.15) is 4.68 Å². The predicted octanol–water partition coefficient (Wildman–Crippen LogP) is 1.89. The Bertz CT molecular complexity index is 941. The molecule has 10 heteroatoms. The number of hydrogen-bond acceptors (Lipinski definition) is 8. The monoisotopic (exact) mass is 385 g/mol. The number of methoxy groups -OCH3 is 1. The lowest BCUT2D eigenvalue weighted by atomic mass is 10.2. The van der Waals surface area contributed by atoms with Crippen molar-refractivity contribution in [3.8, 4) is 11.4 Å². The number of tetrazole rings is 1. The second kappa shape index (κ2) is 8.32. The molecular weight excluding hydrogens is 370 g/mol. The van der Waals surface area contributed by atoms with Crippen molar-refractivity contribution < 1.29 is 19.4 Å². The Morgan fingerprint density at radius 2 is 1.85 bits per heavy atom. The molecule has 0 aliphatic carbocycles. The maximum atomic E-state index is 12.1. The van der Waals surface area contributed by atoms with Crippen molar-refractivity contribution in [3.05, 3.63) is 54.1 Å². The summed E-state index contributed by atoms with van der Waals surface area (Å²) in [6, 6.07) is 12.8.